The number of amides is 4. The SMILES string of the molecule is CCCCCCN(C(=O)C(CCC(N)=O)NC(=O)OC(C)(C)C)C(C(=O)Nc1c(C)cccc1C)c1cc(C)ccc1C. The molecule has 0 saturated heterocycles. The van der Waals surface area contributed by atoms with Crippen molar-refractivity contribution in [1.82, 2.24) is 10.2 Å². The molecular weight excluding hydrogens is 544 g/mol. The number of benzene rings is 2. The molecule has 0 aliphatic carbocycles. The molecule has 0 aromatic heterocycles. The Labute approximate surface area is 256 Å². The lowest BCUT2D eigenvalue weighted by molar-refractivity contribution is -0.141. The lowest BCUT2D eigenvalue weighted by Crippen LogP contribution is -2.53. The van der Waals surface area contributed by atoms with Crippen LogP contribution in [0.2, 0.25) is 0 Å². The fourth-order valence-corrected chi connectivity index (χ4v) is 4.98. The molecule has 2 unspecified atom stereocenters. The average Bonchev–Trinajstić information content (AvgIpc) is 2.90. The van der Waals surface area contributed by atoms with Crippen LogP contribution in [0.25, 0.3) is 0 Å². The maximum absolute atomic E-state index is 14.4. The molecule has 0 spiro atoms. The molecule has 0 bridgehead atoms. The Morgan fingerprint density at radius 2 is 1.58 bits per heavy atom. The standard InChI is InChI=1S/C34H50N4O5/c1-9-10-11-12-20-38(32(41)27(18-19-28(35)39)36-33(42)43-34(6,7)8)30(26-21-22(2)16-17-23(26)3)31(40)37-29-24(4)14-13-15-25(29)5/h13-17,21,27,30H,9-12,18-20H2,1-8H3,(H2,35,39)(H,36,42)(H,37,40). The maximum Gasteiger partial charge on any atom is 0.408 e. The number of rotatable bonds is 14. The maximum atomic E-state index is 14.4. The Morgan fingerprint density at radius 1 is 0.930 bits per heavy atom. The van der Waals surface area contributed by atoms with Crippen LogP contribution in [0.4, 0.5) is 10.5 Å². The van der Waals surface area contributed by atoms with Crippen molar-refractivity contribution in [2.45, 2.75) is 112 Å². The molecule has 0 radical (unpaired) electrons. The molecule has 2 aromatic rings. The number of nitrogens with zero attached hydrogens (tertiary/aromatic N) is 1. The summed E-state index contributed by atoms with van der Waals surface area (Å²) in [5, 5.41) is 5.76. The Morgan fingerprint density at radius 3 is 2.16 bits per heavy atom. The highest BCUT2D eigenvalue weighted by atomic mass is 16.6. The number of anilines is 1. The molecule has 2 aromatic carbocycles. The number of ether oxygens (including phenoxy) is 1. The van der Waals surface area contributed by atoms with Crippen molar-refractivity contribution < 1.29 is 23.9 Å². The largest absolute Gasteiger partial charge is 0.444 e. The van der Waals surface area contributed by atoms with Gasteiger partial charge in [-0.2, -0.15) is 0 Å². The molecule has 9 nitrogen and oxygen atoms in total. The zero-order valence-electron chi connectivity index (χ0n) is 27.1. The minimum absolute atomic E-state index is 0.0308. The van der Waals surface area contributed by atoms with Crippen LogP contribution in [0.15, 0.2) is 36.4 Å². The first kappa shape index (κ1) is 35.3. The van der Waals surface area contributed by atoms with Gasteiger partial charge < -0.3 is 26.0 Å². The van der Waals surface area contributed by atoms with Gasteiger partial charge in [0, 0.05) is 18.7 Å². The number of para-hydroxylation sites is 1. The van der Waals surface area contributed by atoms with Gasteiger partial charge in [-0.05, 0) is 83.6 Å². The highest BCUT2D eigenvalue weighted by molar-refractivity contribution is 6.00. The number of carbonyl (C=O) groups is 4. The third-order valence-corrected chi connectivity index (χ3v) is 7.22. The number of aryl methyl sites for hydroxylation is 4. The van der Waals surface area contributed by atoms with Crippen LogP contribution in [0, 0.1) is 27.7 Å². The molecule has 0 heterocycles. The summed E-state index contributed by atoms with van der Waals surface area (Å²) < 4.78 is 5.43. The third-order valence-electron chi connectivity index (χ3n) is 7.22. The minimum Gasteiger partial charge on any atom is -0.444 e. The predicted octanol–water partition coefficient (Wildman–Crippen LogP) is 6.17. The highest BCUT2D eigenvalue weighted by Crippen LogP contribution is 2.30. The van der Waals surface area contributed by atoms with Gasteiger partial charge in [0.15, 0.2) is 0 Å². The van der Waals surface area contributed by atoms with E-state index in [1.54, 1.807) is 25.7 Å². The minimum atomic E-state index is -1.13. The fourth-order valence-electron chi connectivity index (χ4n) is 4.98. The molecule has 4 amide bonds. The Bertz CT molecular complexity index is 1260. The van der Waals surface area contributed by atoms with Crippen LogP contribution < -0.4 is 16.4 Å². The van der Waals surface area contributed by atoms with E-state index in [-0.39, 0.29) is 25.3 Å². The zero-order chi connectivity index (χ0) is 32.3. The lowest BCUT2D eigenvalue weighted by Gasteiger charge is -2.35. The molecule has 236 valence electrons. The van der Waals surface area contributed by atoms with Gasteiger partial charge in [-0.25, -0.2) is 4.79 Å². The van der Waals surface area contributed by atoms with E-state index in [1.807, 2.05) is 64.1 Å². The van der Waals surface area contributed by atoms with Crippen LogP contribution in [-0.4, -0.2) is 46.9 Å². The lowest BCUT2D eigenvalue weighted by atomic mass is 9.95. The summed E-state index contributed by atoms with van der Waals surface area (Å²) in [6.45, 7) is 15.3. The van der Waals surface area contributed by atoms with Gasteiger partial charge in [-0.15, -0.1) is 0 Å². The summed E-state index contributed by atoms with van der Waals surface area (Å²) in [4.78, 5) is 54.9. The van der Waals surface area contributed by atoms with E-state index in [9.17, 15) is 19.2 Å². The second-order valence-electron chi connectivity index (χ2n) is 12.3. The first-order valence-electron chi connectivity index (χ1n) is 15.2. The van der Waals surface area contributed by atoms with Gasteiger partial charge in [0.25, 0.3) is 5.91 Å². The van der Waals surface area contributed by atoms with E-state index in [1.165, 1.54) is 0 Å². The molecule has 9 heteroatoms. The molecular formula is C34H50N4O5. The summed E-state index contributed by atoms with van der Waals surface area (Å²) in [7, 11) is 0. The van der Waals surface area contributed by atoms with Gasteiger partial charge in [0.05, 0.1) is 0 Å². The highest BCUT2D eigenvalue weighted by Gasteiger charge is 2.37. The topological polar surface area (TPSA) is 131 Å². The monoisotopic (exact) mass is 594 g/mol. The van der Waals surface area contributed by atoms with E-state index in [2.05, 4.69) is 17.6 Å². The Hall–Kier alpha value is -3.88. The molecule has 2 atom stereocenters. The number of alkyl carbamates (subject to hydrolysis) is 1. The number of nitrogens with one attached hydrogen (secondary N) is 2. The Kier molecular flexibility index (Phi) is 13.2. The van der Waals surface area contributed by atoms with E-state index in [4.69, 9.17) is 10.5 Å². The molecule has 2 rings (SSSR count). The van der Waals surface area contributed by atoms with Crippen molar-refractivity contribution in [1.29, 1.82) is 0 Å². The second kappa shape index (κ2) is 16.1. The van der Waals surface area contributed by atoms with Crippen LogP contribution in [0.1, 0.15) is 100 Å². The van der Waals surface area contributed by atoms with Crippen molar-refractivity contribution in [3.05, 3.63) is 64.2 Å². The van der Waals surface area contributed by atoms with Gasteiger partial charge >= 0.3 is 6.09 Å². The fraction of sp³-hybridized carbons (Fsp3) is 0.529. The summed E-state index contributed by atoms with van der Waals surface area (Å²) in [6, 6.07) is 9.48. The van der Waals surface area contributed by atoms with Gasteiger partial charge in [-0.1, -0.05) is 68.1 Å². The number of unbranched alkanes of at least 4 members (excludes halogenated alkanes) is 3. The summed E-state index contributed by atoms with van der Waals surface area (Å²) in [5.74, 6) is -1.44. The molecule has 0 aliphatic heterocycles. The molecule has 4 N–H and O–H groups in total. The zero-order valence-corrected chi connectivity index (χ0v) is 27.1. The third kappa shape index (κ3) is 11.0. The van der Waals surface area contributed by atoms with Gasteiger partial charge in [-0.3, -0.25) is 14.4 Å². The second-order valence-corrected chi connectivity index (χ2v) is 12.3. The summed E-state index contributed by atoms with van der Waals surface area (Å²) >= 11 is 0. The van der Waals surface area contributed by atoms with E-state index < -0.39 is 35.6 Å². The summed E-state index contributed by atoms with van der Waals surface area (Å²) in [6.07, 6.45) is 2.56. The smallest absolute Gasteiger partial charge is 0.408 e. The van der Waals surface area contributed by atoms with Crippen molar-refractivity contribution >= 4 is 29.5 Å². The predicted molar refractivity (Wildman–Crippen MR) is 171 cm³/mol. The number of hydrogen-bond donors (Lipinski definition) is 3. The first-order valence-corrected chi connectivity index (χ1v) is 15.2. The molecule has 43 heavy (non-hydrogen) atoms. The summed E-state index contributed by atoms with van der Waals surface area (Å²) in [5.41, 5.74) is 9.63. The number of nitrogens with two attached hydrogens (primary N) is 1. The first-order chi connectivity index (χ1) is 20.1. The molecule has 0 fully saturated rings. The van der Waals surface area contributed by atoms with Gasteiger partial charge in [0.1, 0.15) is 17.7 Å². The van der Waals surface area contributed by atoms with Crippen molar-refractivity contribution in [2.24, 2.45) is 5.73 Å². The normalized spacial score (nSPS) is 12.7. The Balaban J connectivity index is 2.65. The van der Waals surface area contributed by atoms with Crippen molar-refractivity contribution in [3.8, 4) is 0 Å². The van der Waals surface area contributed by atoms with Crippen LogP contribution in [0.5, 0.6) is 0 Å². The van der Waals surface area contributed by atoms with E-state index in [0.717, 1.165) is 41.5 Å². The molecule has 0 saturated carbocycles. The average molecular weight is 595 g/mol. The van der Waals surface area contributed by atoms with Crippen LogP contribution >= 0.6 is 0 Å². The van der Waals surface area contributed by atoms with Crippen molar-refractivity contribution in [2.75, 3.05) is 11.9 Å². The van der Waals surface area contributed by atoms with Crippen LogP contribution in [0.3, 0.4) is 0 Å². The van der Waals surface area contributed by atoms with Gasteiger partial charge in [0.2, 0.25) is 11.8 Å². The van der Waals surface area contributed by atoms with Crippen LogP contribution in [-0.2, 0) is 19.1 Å². The number of hydrogen-bond acceptors (Lipinski definition) is 5. The number of primary amides is 1. The quantitative estimate of drug-likeness (QED) is 0.225. The van der Waals surface area contributed by atoms with Crippen molar-refractivity contribution in [3.63, 3.8) is 0 Å². The number of carbonyl (C=O) groups excluding carboxylic acids is 4. The van der Waals surface area contributed by atoms with E-state index in [0.29, 0.717) is 17.7 Å². The molecule has 0 aliphatic rings. The van der Waals surface area contributed by atoms with E-state index >= 15 is 0 Å².